The first-order valence-electron chi connectivity index (χ1n) is 6.01. The minimum absolute atomic E-state index is 0.616. The Hall–Kier alpha value is -1.61. The molecule has 1 aliphatic carbocycles. The highest BCUT2D eigenvalue weighted by Crippen LogP contribution is 2.40. The highest BCUT2D eigenvalue weighted by atomic mass is 16.3. The molecule has 3 heteroatoms. The van der Waals surface area contributed by atoms with Crippen LogP contribution in [0, 0.1) is 0 Å². The Labute approximate surface area is 101 Å². The average Bonchev–Trinajstić information content (AvgIpc) is 3.11. The molecule has 1 aliphatic rings. The van der Waals surface area contributed by atoms with Gasteiger partial charge in [-0.1, -0.05) is 24.3 Å². The SMILES string of the molecule is Cn1ccc(C(O)c2cccc(C3CC3)c2)n1. The monoisotopic (exact) mass is 228 g/mol. The molecular formula is C14H16N2O. The van der Waals surface area contributed by atoms with Gasteiger partial charge in [-0.2, -0.15) is 5.10 Å². The fourth-order valence-corrected chi connectivity index (χ4v) is 2.15. The van der Waals surface area contributed by atoms with Crippen molar-refractivity contribution >= 4 is 0 Å². The van der Waals surface area contributed by atoms with Crippen molar-refractivity contribution in [3.8, 4) is 0 Å². The number of aliphatic hydroxyl groups is 1. The number of aliphatic hydroxyl groups excluding tert-OH is 1. The van der Waals surface area contributed by atoms with E-state index in [2.05, 4.69) is 17.2 Å². The lowest BCUT2D eigenvalue weighted by molar-refractivity contribution is 0.214. The maximum Gasteiger partial charge on any atom is 0.123 e. The van der Waals surface area contributed by atoms with Crippen LogP contribution in [0.15, 0.2) is 36.5 Å². The van der Waals surface area contributed by atoms with Crippen LogP contribution in [0.1, 0.15) is 41.7 Å². The second-order valence-electron chi connectivity index (χ2n) is 4.76. The van der Waals surface area contributed by atoms with Gasteiger partial charge in [-0.15, -0.1) is 0 Å². The second kappa shape index (κ2) is 4.00. The lowest BCUT2D eigenvalue weighted by atomic mass is 10.0. The predicted molar refractivity (Wildman–Crippen MR) is 65.7 cm³/mol. The first-order valence-corrected chi connectivity index (χ1v) is 6.01. The van der Waals surface area contributed by atoms with E-state index in [-0.39, 0.29) is 0 Å². The van der Waals surface area contributed by atoms with Gasteiger partial charge in [0.15, 0.2) is 0 Å². The third-order valence-electron chi connectivity index (χ3n) is 3.29. The van der Waals surface area contributed by atoms with Crippen LogP contribution in [0.4, 0.5) is 0 Å². The van der Waals surface area contributed by atoms with Crippen molar-refractivity contribution in [2.45, 2.75) is 24.9 Å². The van der Waals surface area contributed by atoms with Crippen molar-refractivity contribution in [1.29, 1.82) is 0 Å². The second-order valence-corrected chi connectivity index (χ2v) is 4.76. The van der Waals surface area contributed by atoms with Gasteiger partial charge < -0.3 is 5.11 Å². The van der Waals surface area contributed by atoms with Crippen LogP contribution in [-0.4, -0.2) is 14.9 Å². The summed E-state index contributed by atoms with van der Waals surface area (Å²) in [5.41, 5.74) is 2.99. The first kappa shape index (κ1) is 10.5. The van der Waals surface area contributed by atoms with Crippen LogP contribution in [0.3, 0.4) is 0 Å². The summed E-state index contributed by atoms with van der Waals surface area (Å²) in [5.74, 6) is 0.714. The zero-order valence-electron chi connectivity index (χ0n) is 9.87. The summed E-state index contributed by atoms with van der Waals surface area (Å²) in [6.45, 7) is 0. The molecule has 0 saturated heterocycles. The van der Waals surface area contributed by atoms with Crippen molar-refractivity contribution in [3.63, 3.8) is 0 Å². The molecule has 3 nitrogen and oxygen atoms in total. The van der Waals surface area contributed by atoms with Gasteiger partial charge in [0.05, 0.1) is 5.69 Å². The molecule has 1 fully saturated rings. The molecule has 0 spiro atoms. The van der Waals surface area contributed by atoms with Gasteiger partial charge in [-0.05, 0) is 36.0 Å². The number of nitrogens with zero attached hydrogens (tertiary/aromatic N) is 2. The summed E-state index contributed by atoms with van der Waals surface area (Å²) < 4.78 is 1.71. The molecule has 1 heterocycles. The van der Waals surface area contributed by atoms with E-state index in [1.54, 1.807) is 4.68 Å². The summed E-state index contributed by atoms with van der Waals surface area (Å²) in [5, 5.41) is 14.5. The van der Waals surface area contributed by atoms with E-state index in [4.69, 9.17) is 0 Å². The van der Waals surface area contributed by atoms with Crippen molar-refractivity contribution in [2.75, 3.05) is 0 Å². The Morgan fingerprint density at radius 2 is 2.18 bits per heavy atom. The van der Waals surface area contributed by atoms with Crippen LogP contribution in [-0.2, 0) is 7.05 Å². The first-order chi connectivity index (χ1) is 8.24. The minimum atomic E-state index is -0.616. The summed E-state index contributed by atoms with van der Waals surface area (Å²) in [6, 6.07) is 10.1. The molecule has 1 N–H and O–H groups in total. The van der Waals surface area contributed by atoms with Gasteiger partial charge in [0.2, 0.25) is 0 Å². The fourth-order valence-electron chi connectivity index (χ4n) is 2.15. The highest BCUT2D eigenvalue weighted by molar-refractivity contribution is 5.33. The number of benzene rings is 1. The number of aryl methyl sites for hydroxylation is 1. The average molecular weight is 228 g/mol. The topological polar surface area (TPSA) is 38.0 Å². The fraction of sp³-hybridized carbons (Fsp3) is 0.357. The standard InChI is InChI=1S/C14H16N2O/c1-16-8-7-13(15-16)14(17)12-4-2-3-11(9-12)10-5-6-10/h2-4,7-10,14,17H,5-6H2,1H3. The Morgan fingerprint density at radius 3 is 2.82 bits per heavy atom. The third kappa shape index (κ3) is 2.11. The zero-order chi connectivity index (χ0) is 11.8. The predicted octanol–water partition coefficient (Wildman–Crippen LogP) is 2.38. The number of rotatable bonds is 3. The van der Waals surface area contributed by atoms with Gasteiger partial charge in [0.25, 0.3) is 0 Å². The maximum absolute atomic E-state index is 10.3. The summed E-state index contributed by atoms with van der Waals surface area (Å²) in [7, 11) is 1.86. The van der Waals surface area contributed by atoms with Crippen LogP contribution < -0.4 is 0 Å². The molecule has 3 rings (SSSR count). The summed E-state index contributed by atoms with van der Waals surface area (Å²) >= 11 is 0. The highest BCUT2D eigenvalue weighted by Gasteiger charge is 2.24. The van der Waals surface area contributed by atoms with Crippen LogP contribution in [0.5, 0.6) is 0 Å². The molecule has 2 aromatic rings. The van der Waals surface area contributed by atoms with Crippen molar-refractivity contribution in [1.82, 2.24) is 9.78 Å². The quantitative estimate of drug-likeness (QED) is 0.875. The zero-order valence-corrected chi connectivity index (χ0v) is 9.87. The van der Waals surface area contributed by atoms with Crippen molar-refractivity contribution in [2.24, 2.45) is 7.05 Å². The number of hydrogen-bond acceptors (Lipinski definition) is 2. The number of hydrogen-bond donors (Lipinski definition) is 1. The normalized spacial score (nSPS) is 17.1. The van der Waals surface area contributed by atoms with E-state index in [0.717, 1.165) is 5.56 Å². The molecule has 17 heavy (non-hydrogen) atoms. The molecular weight excluding hydrogens is 212 g/mol. The summed E-state index contributed by atoms with van der Waals surface area (Å²) in [4.78, 5) is 0. The molecule has 88 valence electrons. The molecule has 0 radical (unpaired) electrons. The van der Waals surface area contributed by atoms with E-state index < -0.39 is 6.10 Å². The van der Waals surface area contributed by atoms with Gasteiger partial charge in [-0.3, -0.25) is 4.68 Å². The van der Waals surface area contributed by atoms with Gasteiger partial charge in [0.1, 0.15) is 6.10 Å². The summed E-state index contributed by atoms with van der Waals surface area (Å²) in [6.07, 6.45) is 3.80. The molecule has 1 unspecified atom stereocenters. The van der Waals surface area contributed by atoms with E-state index in [0.29, 0.717) is 11.6 Å². The molecule has 1 aromatic carbocycles. The van der Waals surface area contributed by atoms with Crippen molar-refractivity contribution < 1.29 is 5.11 Å². The van der Waals surface area contributed by atoms with Gasteiger partial charge in [-0.25, -0.2) is 0 Å². The van der Waals surface area contributed by atoms with E-state index in [9.17, 15) is 5.11 Å². The van der Waals surface area contributed by atoms with Gasteiger partial charge >= 0.3 is 0 Å². The molecule has 0 amide bonds. The van der Waals surface area contributed by atoms with Gasteiger partial charge in [0, 0.05) is 13.2 Å². The molecule has 0 aliphatic heterocycles. The Morgan fingerprint density at radius 1 is 1.35 bits per heavy atom. The Kier molecular flexibility index (Phi) is 2.48. The van der Waals surface area contributed by atoms with Crippen LogP contribution >= 0.6 is 0 Å². The largest absolute Gasteiger partial charge is 0.382 e. The van der Waals surface area contributed by atoms with Crippen LogP contribution in [0.2, 0.25) is 0 Å². The minimum Gasteiger partial charge on any atom is -0.382 e. The molecule has 0 bridgehead atoms. The number of aromatic nitrogens is 2. The third-order valence-corrected chi connectivity index (χ3v) is 3.29. The van der Waals surface area contributed by atoms with E-state index in [1.807, 2.05) is 31.4 Å². The van der Waals surface area contributed by atoms with Crippen molar-refractivity contribution in [3.05, 3.63) is 53.3 Å². The molecule has 1 aromatic heterocycles. The smallest absolute Gasteiger partial charge is 0.123 e. The Balaban J connectivity index is 1.89. The maximum atomic E-state index is 10.3. The van der Waals surface area contributed by atoms with E-state index in [1.165, 1.54) is 18.4 Å². The lowest BCUT2D eigenvalue weighted by Gasteiger charge is -2.09. The molecule has 1 saturated carbocycles. The Bertz CT molecular complexity index is 529. The lowest BCUT2D eigenvalue weighted by Crippen LogP contribution is -2.02. The molecule has 1 atom stereocenters. The van der Waals surface area contributed by atoms with Crippen LogP contribution in [0.25, 0.3) is 0 Å². The van der Waals surface area contributed by atoms with E-state index >= 15 is 0 Å².